The van der Waals surface area contributed by atoms with E-state index in [9.17, 15) is 9.59 Å². The summed E-state index contributed by atoms with van der Waals surface area (Å²) in [5, 5.41) is 5.90. The van der Waals surface area contributed by atoms with Crippen molar-refractivity contribution in [1.82, 2.24) is 0 Å². The molecular weight excluding hydrogens is 300 g/mol. The van der Waals surface area contributed by atoms with Crippen molar-refractivity contribution >= 4 is 23.2 Å². The number of carbonyl (C=O) groups excluding carboxylic acids is 2. The summed E-state index contributed by atoms with van der Waals surface area (Å²) in [6, 6.07) is 13.5. The summed E-state index contributed by atoms with van der Waals surface area (Å²) in [7, 11) is 0. The Bertz CT molecular complexity index is 796. The lowest BCUT2D eigenvalue weighted by atomic mass is 9.89. The molecule has 1 unspecified atom stereocenters. The van der Waals surface area contributed by atoms with Crippen LogP contribution in [0.5, 0.6) is 0 Å². The maximum Gasteiger partial charge on any atom is 0.232 e. The zero-order valence-electron chi connectivity index (χ0n) is 14.2. The summed E-state index contributed by atoms with van der Waals surface area (Å²) in [5.74, 6) is -0.409. The molecule has 2 N–H and O–H groups in total. The molecule has 2 amide bonds. The molecule has 24 heavy (non-hydrogen) atoms. The summed E-state index contributed by atoms with van der Waals surface area (Å²) in [6.07, 6.45) is 0.172. The van der Waals surface area contributed by atoms with E-state index in [0.717, 1.165) is 28.1 Å². The molecule has 0 aromatic heterocycles. The topological polar surface area (TPSA) is 58.2 Å². The minimum absolute atomic E-state index is 0.122. The van der Waals surface area contributed by atoms with Crippen LogP contribution < -0.4 is 10.6 Å². The molecule has 0 bridgehead atoms. The first-order chi connectivity index (χ1) is 11.5. The molecule has 0 saturated carbocycles. The summed E-state index contributed by atoms with van der Waals surface area (Å²) < 4.78 is 0. The third kappa shape index (κ3) is 3.04. The molecule has 2 aromatic carbocycles. The Balaban J connectivity index is 1.93. The van der Waals surface area contributed by atoms with Gasteiger partial charge in [0.2, 0.25) is 11.8 Å². The van der Waals surface area contributed by atoms with Crippen LogP contribution in [0, 0.1) is 6.92 Å². The van der Waals surface area contributed by atoms with Gasteiger partial charge >= 0.3 is 0 Å². The number of amides is 2. The van der Waals surface area contributed by atoms with Gasteiger partial charge in [0.15, 0.2) is 0 Å². The lowest BCUT2D eigenvalue weighted by Crippen LogP contribution is -2.31. The van der Waals surface area contributed by atoms with Crippen LogP contribution in [0.15, 0.2) is 42.5 Å². The van der Waals surface area contributed by atoms with Crippen LogP contribution in [0.25, 0.3) is 0 Å². The molecule has 1 heterocycles. The van der Waals surface area contributed by atoms with Crippen molar-refractivity contribution in [2.75, 3.05) is 10.6 Å². The van der Waals surface area contributed by atoms with Crippen molar-refractivity contribution in [1.29, 1.82) is 0 Å². The quantitative estimate of drug-likeness (QED) is 0.890. The molecule has 0 radical (unpaired) electrons. The Morgan fingerprint density at radius 3 is 2.67 bits per heavy atom. The molecule has 0 fully saturated rings. The fourth-order valence-electron chi connectivity index (χ4n) is 3.20. The van der Waals surface area contributed by atoms with E-state index in [2.05, 4.69) is 24.5 Å². The average molecular weight is 322 g/mol. The number of fused-ring (bicyclic) bond motifs is 1. The van der Waals surface area contributed by atoms with E-state index < -0.39 is 5.92 Å². The van der Waals surface area contributed by atoms with Gasteiger partial charge in [-0.25, -0.2) is 0 Å². The molecule has 0 aliphatic carbocycles. The molecule has 1 aliphatic heterocycles. The highest BCUT2D eigenvalue weighted by molar-refractivity contribution is 6.05. The molecule has 1 aliphatic rings. The van der Waals surface area contributed by atoms with Gasteiger partial charge in [0, 0.05) is 17.8 Å². The van der Waals surface area contributed by atoms with Gasteiger partial charge in [-0.2, -0.15) is 0 Å². The van der Waals surface area contributed by atoms with Crippen molar-refractivity contribution in [3.63, 3.8) is 0 Å². The Kier molecular flexibility index (Phi) is 4.38. The average Bonchev–Trinajstić information content (AvgIpc) is 2.55. The second-order valence-corrected chi connectivity index (χ2v) is 6.58. The van der Waals surface area contributed by atoms with Crippen molar-refractivity contribution in [2.45, 2.75) is 39.0 Å². The number of hydrogen-bond acceptors (Lipinski definition) is 2. The Morgan fingerprint density at radius 1 is 1.17 bits per heavy atom. The molecule has 0 saturated heterocycles. The fraction of sp³-hybridized carbons (Fsp3) is 0.300. The molecular formula is C20H22N2O2. The highest BCUT2D eigenvalue weighted by Gasteiger charge is 2.31. The second kappa shape index (κ2) is 6.48. The van der Waals surface area contributed by atoms with Crippen molar-refractivity contribution in [3.05, 3.63) is 59.2 Å². The van der Waals surface area contributed by atoms with Crippen LogP contribution in [0.2, 0.25) is 0 Å². The van der Waals surface area contributed by atoms with Gasteiger partial charge in [0.25, 0.3) is 0 Å². The molecule has 124 valence electrons. The summed E-state index contributed by atoms with van der Waals surface area (Å²) >= 11 is 0. The molecule has 0 spiro atoms. The number of rotatable bonds is 3. The van der Waals surface area contributed by atoms with Crippen molar-refractivity contribution < 1.29 is 9.59 Å². The second-order valence-electron chi connectivity index (χ2n) is 6.58. The molecule has 4 heteroatoms. The molecule has 3 rings (SSSR count). The van der Waals surface area contributed by atoms with E-state index in [4.69, 9.17) is 0 Å². The zero-order chi connectivity index (χ0) is 17.3. The van der Waals surface area contributed by atoms with Gasteiger partial charge in [0.1, 0.15) is 0 Å². The Hall–Kier alpha value is -2.62. The van der Waals surface area contributed by atoms with Crippen LogP contribution in [-0.4, -0.2) is 11.8 Å². The predicted octanol–water partition coefficient (Wildman–Crippen LogP) is 4.18. The Labute approximate surface area is 142 Å². The van der Waals surface area contributed by atoms with Gasteiger partial charge in [-0.15, -0.1) is 0 Å². The van der Waals surface area contributed by atoms with Crippen LogP contribution >= 0.6 is 0 Å². The Morgan fingerprint density at radius 2 is 1.92 bits per heavy atom. The maximum atomic E-state index is 12.9. The minimum Gasteiger partial charge on any atom is -0.326 e. The van der Waals surface area contributed by atoms with Gasteiger partial charge in [-0.05, 0) is 35.6 Å². The van der Waals surface area contributed by atoms with E-state index in [1.54, 1.807) is 0 Å². The normalized spacial score (nSPS) is 16.5. The minimum atomic E-state index is -0.463. The lowest BCUT2D eigenvalue weighted by molar-refractivity contribution is -0.123. The smallest absolute Gasteiger partial charge is 0.232 e. The van der Waals surface area contributed by atoms with Crippen LogP contribution in [0.1, 0.15) is 48.8 Å². The van der Waals surface area contributed by atoms with Crippen LogP contribution in [-0.2, 0) is 9.59 Å². The predicted molar refractivity (Wildman–Crippen MR) is 96.3 cm³/mol. The maximum absolute atomic E-state index is 12.9. The van der Waals surface area contributed by atoms with Gasteiger partial charge in [-0.3, -0.25) is 9.59 Å². The number of para-hydroxylation sites is 2. The van der Waals surface area contributed by atoms with E-state index in [0.29, 0.717) is 5.92 Å². The van der Waals surface area contributed by atoms with E-state index >= 15 is 0 Å². The van der Waals surface area contributed by atoms with E-state index in [-0.39, 0.29) is 18.2 Å². The van der Waals surface area contributed by atoms with Crippen LogP contribution in [0.4, 0.5) is 11.4 Å². The van der Waals surface area contributed by atoms with E-state index in [1.807, 2.05) is 49.4 Å². The molecule has 4 nitrogen and oxygen atoms in total. The van der Waals surface area contributed by atoms with Crippen LogP contribution in [0.3, 0.4) is 0 Å². The fourth-order valence-corrected chi connectivity index (χ4v) is 3.20. The number of hydrogen-bond donors (Lipinski definition) is 2. The third-order valence-electron chi connectivity index (χ3n) is 4.49. The van der Waals surface area contributed by atoms with Gasteiger partial charge in [-0.1, -0.05) is 50.2 Å². The SMILES string of the molecule is Cc1cccc(C(C)C)c1NC(=O)C1CC(=O)Nc2ccccc21. The molecule has 1 atom stereocenters. The monoisotopic (exact) mass is 322 g/mol. The summed E-state index contributed by atoms with van der Waals surface area (Å²) in [6.45, 7) is 6.20. The number of benzene rings is 2. The number of anilines is 2. The molecule has 2 aromatic rings. The highest BCUT2D eigenvalue weighted by Crippen LogP contribution is 2.34. The first-order valence-electron chi connectivity index (χ1n) is 8.26. The summed E-state index contributed by atoms with van der Waals surface area (Å²) in [4.78, 5) is 24.9. The van der Waals surface area contributed by atoms with Crippen molar-refractivity contribution in [2.24, 2.45) is 0 Å². The highest BCUT2D eigenvalue weighted by atomic mass is 16.2. The number of nitrogens with one attached hydrogen (secondary N) is 2. The zero-order valence-corrected chi connectivity index (χ0v) is 14.2. The first-order valence-corrected chi connectivity index (χ1v) is 8.26. The number of carbonyl (C=O) groups is 2. The first kappa shape index (κ1) is 16.2. The van der Waals surface area contributed by atoms with Crippen molar-refractivity contribution in [3.8, 4) is 0 Å². The van der Waals surface area contributed by atoms with Gasteiger partial charge in [0.05, 0.1) is 5.92 Å². The number of aryl methyl sites for hydroxylation is 1. The third-order valence-corrected chi connectivity index (χ3v) is 4.49. The van der Waals surface area contributed by atoms with E-state index in [1.165, 1.54) is 0 Å². The largest absolute Gasteiger partial charge is 0.326 e. The summed E-state index contributed by atoms with van der Waals surface area (Å²) in [5.41, 5.74) is 4.60. The lowest BCUT2D eigenvalue weighted by Gasteiger charge is -2.26. The van der Waals surface area contributed by atoms with Gasteiger partial charge < -0.3 is 10.6 Å². The standard InChI is InChI=1S/C20H22N2O2/c1-12(2)14-9-6-7-13(3)19(14)22-20(24)16-11-18(23)21-17-10-5-4-8-15(16)17/h4-10,12,16H,11H2,1-3H3,(H,21,23)(H,22,24).